The number of nitrogens with zero attached hydrogens (tertiary/aromatic N) is 1. The van der Waals surface area contributed by atoms with Crippen LogP contribution in [-0.4, -0.2) is 32.2 Å². The third kappa shape index (κ3) is 2.15. The first-order valence-electron chi connectivity index (χ1n) is 4.25. The first-order valence-corrected chi connectivity index (χ1v) is 5.01. The van der Waals surface area contributed by atoms with Gasteiger partial charge in [-0.2, -0.15) is 0 Å². The van der Waals surface area contributed by atoms with Crippen LogP contribution in [0.1, 0.15) is 10.5 Å². The Kier molecular flexibility index (Phi) is 4.20. The number of aromatic nitrogens is 1. The summed E-state index contributed by atoms with van der Waals surface area (Å²) in [7, 11) is 4.26. The fourth-order valence-electron chi connectivity index (χ4n) is 1.18. The van der Waals surface area contributed by atoms with Crippen LogP contribution in [0.2, 0.25) is 10.2 Å². The quantitative estimate of drug-likeness (QED) is 0.670. The second kappa shape index (κ2) is 5.23. The van der Waals surface area contributed by atoms with E-state index in [2.05, 4.69) is 15.0 Å². The van der Waals surface area contributed by atoms with Gasteiger partial charge in [0, 0.05) is 7.05 Å². The molecule has 1 aromatic heterocycles. The summed E-state index contributed by atoms with van der Waals surface area (Å²) in [5.74, 6) is -0.448. The average Bonchev–Trinajstić information content (AvgIpc) is 2.30. The molecule has 1 heterocycles. The SMILES string of the molecule is CNc1c(Cl)c(Cl)nc(C(=O)OC)c1OC. The van der Waals surface area contributed by atoms with Crippen LogP contribution in [0.4, 0.5) is 5.69 Å². The van der Waals surface area contributed by atoms with Crippen LogP contribution in [0.3, 0.4) is 0 Å². The van der Waals surface area contributed by atoms with Crippen molar-refractivity contribution < 1.29 is 14.3 Å². The highest BCUT2D eigenvalue weighted by atomic mass is 35.5. The minimum absolute atomic E-state index is 0.00668. The van der Waals surface area contributed by atoms with Gasteiger partial charge >= 0.3 is 5.97 Å². The zero-order chi connectivity index (χ0) is 12.3. The van der Waals surface area contributed by atoms with Gasteiger partial charge in [0.15, 0.2) is 16.6 Å². The van der Waals surface area contributed by atoms with Crippen LogP contribution in [0.5, 0.6) is 5.75 Å². The highest BCUT2D eigenvalue weighted by molar-refractivity contribution is 6.43. The lowest BCUT2D eigenvalue weighted by Gasteiger charge is -2.13. The Morgan fingerprint density at radius 3 is 2.44 bits per heavy atom. The number of halogens is 2. The van der Waals surface area contributed by atoms with Crippen LogP contribution >= 0.6 is 23.2 Å². The molecule has 16 heavy (non-hydrogen) atoms. The molecule has 0 radical (unpaired) electrons. The molecule has 1 N–H and O–H groups in total. The van der Waals surface area contributed by atoms with Gasteiger partial charge in [0.05, 0.1) is 14.2 Å². The highest BCUT2D eigenvalue weighted by Crippen LogP contribution is 2.38. The molecule has 0 saturated heterocycles. The lowest BCUT2D eigenvalue weighted by atomic mass is 10.2. The van der Waals surface area contributed by atoms with Gasteiger partial charge in [-0.25, -0.2) is 9.78 Å². The van der Waals surface area contributed by atoms with Crippen LogP contribution < -0.4 is 10.1 Å². The number of ether oxygens (including phenoxy) is 2. The third-order valence-electron chi connectivity index (χ3n) is 1.89. The molecule has 0 atom stereocenters. The molecule has 7 heteroatoms. The molecule has 0 saturated carbocycles. The Morgan fingerprint density at radius 1 is 1.38 bits per heavy atom. The number of anilines is 1. The van der Waals surface area contributed by atoms with Gasteiger partial charge in [0.25, 0.3) is 0 Å². The molecule has 0 amide bonds. The summed E-state index contributed by atoms with van der Waals surface area (Å²) < 4.78 is 9.62. The monoisotopic (exact) mass is 264 g/mol. The average molecular weight is 265 g/mol. The summed E-state index contributed by atoms with van der Waals surface area (Å²) in [5.41, 5.74) is 0.369. The number of esters is 1. The Hall–Kier alpha value is -1.20. The van der Waals surface area contributed by atoms with Gasteiger partial charge in [0.2, 0.25) is 0 Å². The maximum atomic E-state index is 11.4. The van der Waals surface area contributed by atoms with Gasteiger partial charge in [0.1, 0.15) is 10.7 Å². The van der Waals surface area contributed by atoms with Crippen molar-refractivity contribution in [2.24, 2.45) is 0 Å². The van der Waals surface area contributed by atoms with Crippen LogP contribution in [-0.2, 0) is 4.74 Å². The van der Waals surface area contributed by atoms with E-state index >= 15 is 0 Å². The van der Waals surface area contributed by atoms with Gasteiger partial charge in [-0.1, -0.05) is 23.2 Å². The summed E-state index contributed by atoms with van der Waals surface area (Å²) >= 11 is 11.7. The Bertz CT molecular complexity index is 424. The molecule has 1 aromatic rings. The van der Waals surface area contributed by atoms with E-state index in [9.17, 15) is 4.79 Å². The maximum Gasteiger partial charge on any atom is 0.360 e. The molecule has 5 nitrogen and oxygen atoms in total. The molecule has 0 aliphatic carbocycles. The minimum Gasteiger partial charge on any atom is -0.492 e. The largest absolute Gasteiger partial charge is 0.492 e. The van der Waals surface area contributed by atoms with Gasteiger partial charge in [-0.15, -0.1) is 0 Å². The molecular formula is C9H10Cl2N2O3. The zero-order valence-electron chi connectivity index (χ0n) is 8.93. The van der Waals surface area contributed by atoms with E-state index < -0.39 is 5.97 Å². The standard InChI is InChI=1S/C9H10Cl2N2O3/c1-12-5-4(10)8(11)13-6(7(5)15-2)9(14)16-3/h1-3H3,(H,12,13). The molecule has 0 fully saturated rings. The lowest BCUT2D eigenvalue weighted by molar-refractivity contribution is 0.0590. The molecular weight excluding hydrogens is 255 g/mol. The molecule has 88 valence electrons. The Balaban J connectivity index is 3.49. The summed E-state index contributed by atoms with van der Waals surface area (Å²) in [6.07, 6.45) is 0. The summed E-state index contributed by atoms with van der Waals surface area (Å²) in [6.45, 7) is 0. The number of hydrogen-bond donors (Lipinski definition) is 1. The van der Waals surface area contributed by atoms with Crippen molar-refractivity contribution in [1.82, 2.24) is 4.98 Å². The van der Waals surface area contributed by atoms with Crippen molar-refractivity contribution in [3.63, 3.8) is 0 Å². The Morgan fingerprint density at radius 2 is 2.00 bits per heavy atom. The maximum absolute atomic E-state index is 11.4. The van der Waals surface area contributed by atoms with E-state index in [1.165, 1.54) is 14.2 Å². The zero-order valence-corrected chi connectivity index (χ0v) is 10.4. The Labute approximate surface area is 103 Å². The predicted molar refractivity (Wildman–Crippen MR) is 61.7 cm³/mol. The van der Waals surface area contributed by atoms with E-state index in [1.54, 1.807) is 7.05 Å². The highest BCUT2D eigenvalue weighted by Gasteiger charge is 2.23. The van der Waals surface area contributed by atoms with Crippen molar-refractivity contribution in [2.75, 3.05) is 26.6 Å². The minimum atomic E-state index is -0.646. The topological polar surface area (TPSA) is 60.5 Å². The molecule has 0 aliphatic rings. The van der Waals surface area contributed by atoms with E-state index in [1.807, 2.05) is 0 Å². The fourth-order valence-corrected chi connectivity index (χ4v) is 1.58. The van der Waals surface area contributed by atoms with Crippen LogP contribution in [0.25, 0.3) is 0 Å². The molecule has 0 aromatic carbocycles. The van der Waals surface area contributed by atoms with Gasteiger partial charge in [-0.05, 0) is 0 Å². The molecule has 0 spiro atoms. The number of rotatable bonds is 3. The van der Waals surface area contributed by atoms with Crippen molar-refractivity contribution >= 4 is 34.9 Å². The molecule has 0 aliphatic heterocycles. The second-order valence-corrected chi connectivity index (χ2v) is 3.45. The smallest absolute Gasteiger partial charge is 0.360 e. The summed E-state index contributed by atoms with van der Waals surface area (Å²) in [6, 6.07) is 0. The van der Waals surface area contributed by atoms with E-state index in [-0.39, 0.29) is 21.6 Å². The predicted octanol–water partition coefficient (Wildman–Crippen LogP) is 2.23. The molecule has 1 rings (SSSR count). The summed E-state index contributed by atoms with van der Waals surface area (Å²) in [4.78, 5) is 15.2. The molecule has 0 unspecified atom stereocenters. The normalized spacial score (nSPS) is 9.81. The lowest BCUT2D eigenvalue weighted by Crippen LogP contribution is -2.09. The second-order valence-electron chi connectivity index (χ2n) is 2.72. The number of carbonyl (C=O) groups is 1. The van der Waals surface area contributed by atoms with E-state index in [0.717, 1.165) is 0 Å². The van der Waals surface area contributed by atoms with Crippen LogP contribution in [0, 0.1) is 0 Å². The van der Waals surface area contributed by atoms with Crippen LogP contribution in [0.15, 0.2) is 0 Å². The number of nitrogens with one attached hydrogen (secondary N) is 1. The van der Waals surface area contributed by atoms with Crippen molar-refractivity contribution in [3.8, 4) is 5.75 Å². The van der Waals surface area contributed by atoms with Crippen molar-refractivity contribution in [1.29, 1.82) is 0 Å². The first kappa shape index (κ1) is 12.9. The fraction of sp³-hybridized carbons (Fsp3) is 0.333. The number of pyridine rings is 1. The number of carbonyl (C=O) groups excluding carboxylic acids is 1. The summed E-state index contributed by atoms with van der Waals surface area (Å²) in [5, 5.41) is 2.98. The van der Waals surface area contributed by atoms with E-state index in [4.69, 9.17) is 27.9 Å². The van der Waals surface area contributed by atoms with Gasteiger partial charge < -0.3 is 14.8 Å². The first-order chi connectivity index (χ1) is 7.56. The third-order valence-corrected chi connectivity index (χ3v) is 2.62. The van der Waals surface area contributed by atoms with Crippen molar-refractivity contribution in [3.05, 3.63) is 15.9 Å². The van der Waals surface area contributed by atoms with Gasteiger partial charge in [-0.3, -0.25) is 0 Å². The number of hydrogen-bond acceptors (Lipinski definition) is 5. The number of methoxy groups -OCH3 is 2. The molecule has 0 bridgehead atoms. The van der Waals surface area contributed by atoms with E-state index in [0.29, 0.717) is 5.69 Å². The van der Waals surface area contributed by atoms with Crippen molar-refractivity contribution in [2.45, 2.75) is 0 Å².